The Labute approximate surface area is 173 Å². The van der Waals surface area contributed by atoms with Gasteiger partial charge in [-0.3, -0.25) is 14.4 Å². The molecule has 6 heteroatoms. The number of hydrogen-bond donors (Lipinski definition) is 1. The lowest BCUT2D eigenvalue weighted by atomic mass is 9.73. The number of fused-ring (bicyclic) bond motifs is 2. The van der Waals surface area contributed by atoms with Gasteiger partial charge in [0.2, 0.25) is 11.8 Å². The van der Waals surface area contributed by atoms with Gasteiger partial charge in [0, 0.05) is 44.4 Å². The lowest BCUT2D eigenvalue weighted by molar-refractivity contribution is -0.137. The van der Waals surface area contributed by atoms with Crippen LogP contribution in [0.1, 0.15) is 69.3 Å². The maximum atomic E-state index is 13.2. The Morgan fingerprint density at radius 1 is 1.17 bits per heavy atom. The van der Waals surface area contributed by atoms with Gasteiger partial charge in [-0.25, -0.2) is 0 Å². The van der Waals surface area contributed by atoms with Crippen molar-refractivity contribution in [3.05, 3.63) is 29.3 Å². The number of hydrogen-bond acceptors (Lipinski definition) is 3. The number of benzene rings is 1. The Hall–Kier alpha value is -2.37. The number of carbonyl (C=O) groups excluding carboxylic acids is 3. The van der Waals surface area contributed by atoms with Crippen molar-refractivity contribution in [3.63, 3.8) is 0 Å². The number of piperidine rings is 1. The zero-order chi connectivity index (χ0) is 21.4. The molecule has 2 aliphatic heterocycles. The third-order valence-electron chi connectivity index (χ3n) is 6.04. The highest BCUT2D eigenvalue weighted by atomic mass is 16.2. The number of likely N-dealkylation sites (tertiary alicyclic amines) is 1. The van der Waals surface area contributed by atoms with Gasteiger partial charge in [0.1, 0.15) is 0 Å². The lowest BCUT2D eigenvalue weighted by Gasteiger charge is -2.39. The lowest BCUT2D eigenvalue weighted by Crippen LogP contribution is -2.50. The van der Waals surface area contributed by atoms with Crippen LogP contribution in [0.4, 0.5) is 5.69 Å². The van der Waals surface area contributed by atoms with E-state index in [1.807, 2.05) is 24.0 Å². The maximum absolute atomic E-state index is 13.2. The van der Waals surface area contributed by atoms with Crippen molar-refractivity contribution in [3.8, 4) is 0 Å². The van der Waals surface area contributed by atoms with Gasteiger partial charge >= 0.3 is 0 Å². The molecule has 6 nitrogen and oxygen atoms in total. The molecule has 1 spiro atoms. The van der Waals surface area contributed by atoms with Crippen molar-refractivity contribution in [1.29, 1.82) is 0 Å². The minimum atomic E-state index is -0.635. The first kappa shape index (κ1) is 21.3. The summed E-state index contributed by atoms with van der Waals surface area (Å²) in [6.45, 7) is 9.97. The van der Waals surface area contributed by atoms with Crippen LogP contribution in [-0.4, -0.2) is 49.3 Å². The first-order valence-corrected chi connectivity index (χ1v) is 10.6. The Kier molecular flexibility index (Phi) is 5.74. The van der Waals surface area contributed by atoms with Crippen LogP contribution in [0.5, 0.6) is 0 Å². The molecule has 0 atom stereocenters. The molecular weight excluding hydrogens is 366 g/mol. The molecule has 29 heavy (non-hydrogen) atoms. The molecule has 1 aromatic rings. The molecule has 1 N–H and O–H groups in total. The minimum Gasteiger partial charge on any atom is -0.352 e. The topological polar surface area (TPSA) is 69.7 Å². The van der Waals surface area contributed by atoms with E-state index in [2.05, 4.69) is 26.1 Å². The van der Waals surface area contributed by atoms with Crippen molar-refractivity contribution in [2.45, 2.75) is 58.8 Å². The predicted molar refractivity (Wildman–Crippen MR) is 114 cm³/mol. The van der Waals surface area contributed by atoms with E-state index < -0.39 is 5.41 Å². The van der Waals surface area contributed by atoms with Crippen LogP contribution < -0.4 is 10.2 Å². The number of nitrogens with one attached hydrogen (secondary N) is 1. The molecule has 2 heterocycles. The van der Waals surface area contributed by atoms with Crippen molar-refractivity contribution < 1.29 is 14.4 Å². The SMILES string of the molecule is CCCNC(=O)c1ccc2c(c1)C1(CCN(C(=O)CC(C)(C)C)CC1)C(=O)N2C. The Balaban J connectivity index is 1.84. The third kappa shape index (κ3) is 4.02. The van der Waals surface area contributed by atoms with Crippen LogP contribution >= 0.6 is 0 Å². The average Bonchev–Trinajstić information content (AvgIpc) is 2.87. The van der Waals surface area contributed by atoms with E-state index in [4.69, 9.17) is 0 Å². The summed E-state index contributed by atoms with van der Waals surface area (Å²) < 4.78 is 0. The highest BCUT2D eigenvalue weighted by Gasteiger charge is 2.51. The van der Waals surface area contributed by atoms with E-state index in [9.17, 15) is 14.4 Å². The summed E-state index contributed by atoms with van der Waals surface area (Å²) in [5, 5.41) is 2.91. The van der Waals surface area contributed by atoms with E-state index in [0.29, 0.717) is 44.5 Å². The van der Waals surface area contributed by atoms with Gasteiger partial charge < -0.3 is 15.1 Å². The molecule has 158 valence electrons. The van der Waals surface area contributed by atoms with Crippen LogP contribution in [0.15, 0.2) is 18.2 Å². The fourth-order valence-electron chi connectivity index (χ4n) is 4.43. The van der Waals surface area contributed by atoms with Crippen LogP contribution in [-0.2, 0) is 15.0 Å². The van der Waals surface area contributed by atoms with Crippen LogP contribution in [0.25, 0.3) is 0 Å². The van der Waals surface area contributed by atoms with Crippen LogP contribution in [0.2, 0.25) is 0 Å². The molecule has 0 aromatic heterocycles. The molecule has 1 aromatic carbocycles. The first-order valence-electron chi connectivity index (χ1n) is 10.6. The van der Waals surface area contributed by atoms with Gasteiger partial charge in [0.25, 0.3) is 5.91 Å². The number of nitrogens with zero attached hydrogens (tertiary/aromatic N) is 2. The molecule has 0 bridgehead atoms. The Morgan fingerprint density at radius 2 is 1.83 bits per heavy atom. The number of rotatable bonds is 4. The molecule has 0 radical (unpaired) electrons. The third-order valence-corrected chi connectivity index (χ3v) is 6.04. The van der Waals surface area contributed by atoms with Gasteiger partial charge in [-0.15, -0.1) is 0 Å². The van der Waals surface area contributed by atoms with Gasteiger partial charge in [-0.05, 0) is 48.4 Å². The summed E-state index contributed by atoms with van der Waals surface area (Å²) in [6, 6.07) is 5.54. The zero-order valence-corrected chi connectivity index (χ0v) is 18.3. The summed E-state index contributed by atoms with van der Waals surface area (Å²) in [4.78, 5) is 41.9. The molecule has 0 aliphatic carbocycles. The second-order valence-electron chi connectivity index (χ2n) is 9.55. The second kappa shape index (κ2) is 7.81. The fraction of sp³-hybridized carbons (Fsp3) is 0.609. The second-order valence-corrected chi connectivity index (χ2v) is 9.55. The van der Waals surface area contributed by atoms with E-state index in [1.54, 1.807) is 18.0 Å². The minimum absolute atomic E-state index is 0.0526. The van der Waals surface area contributed by atoms with Crippen molar-refractivity contribution >= 4 is 23.4 Å². The van der Waals surface area contributed by atoms with Crippen molar-refractivity contribution in [2.75, 3.05) is 31.6 Å². The van der Waals surface area contributed by atoms with Gasteiger partial charge in [0.15, 0.2) is 0 Å². The fourth-order valence-corrected chi connectivity index (χ4v) is 4.43. The molecule has 1 saturated heterocycles. The molecule has 3 rings (SSSR count). The summed E-state index contributed by atoms with van der Waals surface area (Å²) in [6.07, 6.45) is 2.57. The van der Waals surface area contributed by atoms with Crippen molar-refractivity contribution in [1.82, 2.24) is 10.2 Å². The quantitative estimate of drug-likeness (QED) is 0.846. The highest BCUT2D eigenvalue weighted by molar-refractivity contribution is 6.09. The van der Waals surface area contributed by atoms with Crippen LogP contribution in [0, 0.1) is 5.41 Å². The number of anilines is 1. The van der Waals surface area contributed by atoms with Crippen molar-refractivity contribution in [2.24, 2.45) is 5.41 Å². The van der Waals surface area contributed by atoms with E-state index in [1.165, 1.54) is 0 Å². The molecular formula is C23H33N3O3. The number of carbonyl (C=O) groups is 3. The molecule has 2 aliphatic rings. The molecule has 0 unspecified atom stereocenters. The van der Waals surface area contributed by atoms with Gasteiger partial charge in [0.05, 0.1) is 5.41 Å². The van der Waals surface area contributed by atoms with Gasteiger partial charge in [-0.2, -0.15) is 0 Å². The summed E-state index contributed by atoms with van der Waals surface area (Å²) in [7, 11) is 1.80. The van der Waals surface area contributed by atoms with E-state index >= 15 is 0 Å². The average molecular weight is 400 g/mol. The largest absolute Gasteiger partial charge is 0.352 e. The smallest absolute Gasteiger partial charge is 0.251 e. The Bertz CT molecular complexity index is 817. The molecule has 1 fully saturated rings. The van der Waals surface area contributed by atoms with E-state index in [-0.39, 0.29) is 23.1 Å². The monoisotopic (exact) mass is 399 g/mol. The zero-order valence-electron chi connectivity index (χ0n) is 18.3. The normalized spacial score (nSPS) is 18.2. The standard InChI is InChI=1S/C23H33N3O3/c1-6-11-24-20(28)16-7-8-18-17(14-16)23(21(29)25(18)5)9-12-26(13-10-23)19(27)15-22(2,3)4/h7-8,14H,6,9-13,15H2,1-5H3,(H,24,28). The predicted octanol–water partition coefficient (Wildman–Crippen LogP) is 3.10. The van der Waals surface area contributed by atoms with Crippen LogP contribution in [0.3, 0.4) is 0 Å². The summed E-state index contributed by atoms with van der Waals surface area (Å²) >= 11 is 0. The van der Waals surface area contributed by atoms with E-state index in [0.717, 1.165) is 17.7 Å². The number of amides is 3. The summed E-state index contributed by atoms with van der Waals surface area (Å²) in [5.41, 5.74) is 1.70. The molecule has 0 saturated carbocycles. The number of likely N-dealkylation sites (N-methyl/N-ethyl adjacent to an activating group) is 1. The Morgan fingerprint density at radius 3 is 2.41 bits per heavy atom. The molecule has 3 amide bonds. The highest BCUT2D eigenvalue weighted by Crippen LogP contribution is 2.47. The maximum Gasteiger partial charge on any atom is 0.251 e. The first-order chi connectivity index (χ1) is 13.6. The summed E-state index contributed by atoms with van der Waals surface area (Å²) in [5.74, 6) is 0.116. The van der Waals surface area contributed by atoms with Gasteiger partial charge in [-0.1, -0.05) is 27.7 Å².